The minimum Gasteiger partial charge on any atom is -0.507 e. The summed E-state index contributed by atoms with van der Waals surface area (Å²) in [5.41, 5.74) is 0.723. The summed E-state index contributed by atoms with van der Waals surface area (Å²) in [6.07, 6.45) is 0.420. The zero-order valence-electron chi connectivity index (χ0n) is 13.5. The number of aromatic hydroxyl groups is 1. The average molecular weight is 340 g/mol. The van der Waals surface area contributed by atoms with Crippen molar-refractivity contribution in [3.63, 3.8) is 0 Å². The Kier molecular flexibility index (Phi) is 4.70. The number of para-hydroxylation sites is 1. The van der Waals surface area contributed by atoms with Crippen molar-refractivity contribution in [2.24, 2.45) is 0 Å². The summed E-state index contributed by atoms with van der Waals surface area (Å²) in [7, 11) is 0. The first-order chi connectivity index (χ1) is 12.1. The lowest BCUT2D eigenvalue weighted by Gasteiger charge is -2.07. The van der Waals surface area contributed by atoms with E-state index in [4.69, 9.17) is 9.30 Å². The summed E-state index contributed by atoms with van der Waals surface area (Å²) in [5, 5.41) is 10.9. The number of benzene rings is 2. The van der Waals surface area contributed by atoms with Gasteiger partial charge in [-0.1, -0.05) is 31.2 Å². The molecule has 1 aromatic heterocycles. The zero-order valence-corrected chi connectivity index (χ0v) is 13.5. The van der Waals surface area contributed by atoms with E-state index in [-0.39, 0.29) is 24.2 Å². The molecule has 0 amide bonds. The molecule has 2 aromatic carbocycles. The van der Waals surface area contributed by atoms with Crippen LogP contribution in [0.3, 0.4) is 0 Å². The largest absolute Gasteiger partial charge is 0.507 e. The SMILES string of the molecule is CCC(=O)OOc1ccc(Cc2c(O)c3ccccc3oc2=O)cc1. The van der Waals surface area contributed by atoms with E-state index in [1.165, 1.54) is 0 Å². The molecule has 25 heavy (non-hydrogen) atoms. The molecule has 0 radical (unpaired) electrons. The number of fused-ring (bicyclic) bond motifs is 1. The van der Waals surface area contributed by atoms with Gasteiger partial charge in [0.2, 0.25) is 0 Å². The Balaban J connectivity index is 1.82. The summed E-state index contributed by atoms with van der Waals surface area (Å²) in [6, 6.07) is 13.5. The molecule has 1 N–H and O–H groups in total. The number of hydrogen-bond acceptors (Lipinski definition) is 6. The van der Waals surface area contributed by atoms with Gasteiger partial charge in [0.05, 0.1) is 10.9 Å². The van der Waals surface area contributed by atoms with Gasteiger partial charge in [0.25, 0.3) is 0 Å². The highest BCUT2D eigenvalue weighted by atomic mass is 17.2. The highest BCUT2D eigenvalue weighted by molar-refractivity contribution is 5.84. The number of hydrogen-bond donors (Lipinski definition) is 1. The molecule has 1 heterocycles. The van der Waals surface area contributed by atoms with E-state index in [1.54, 1.807) is 55.5 Å². The van der Waals surface area contributed by atoms with Crippen molar-refractivity contribution >= 4 is 16.9 Å². The van der Waals surface area contributed by atoms with Crippen LogP contribution in [0.4, 0.5) is 0 Å². The topological polar surface area (TPSA) is 86.0 Å². The van der Waals surface area contributed by atoms with Crippen molar-refractivity contribution in [2.45, 2.75) is 19.8 Å². The van der Waals surface area contributed by atoms with Gasteiger partial charge in [-0.2, -0.15) is 0 Å². The Morgan fingerprint density at radius 3 is 2.56 bits per heavy atom. The molecule has 0 spiro atoms. The quantitative estimate of drug-likeness (QED) is 0.435. The molecule has 0 aliphatic heterocycles. The van der Waals surface area contributed by atoms with Gasteiger partial charge in [-0.25, -0.2) is 9.59 Å². The first kappa shape index (κ1) is 16.6. The van der Waals surface area contributed by atoms with E-state index >= 15 is 0 Å². The minimum atomic E-state index is -0.576. The third-order valence-corrected chi connectivity index (χ3v) is 3.70. The van der Waals surface area contributed by atoms with Crippen molar-refractivity contribution in [2.75, 3.05) is 0 Å². The predicted octanol–water partition coefficient (Wildman–Crippen LogP) is 3.34. The predicted molar refractivity (Wildman–Crippen MR) is 90.4 cm³/mol. The van der Waals surface area contributed by atoms with Gasteiger partial charge >= 0.3 is 11.6 Å². The first-order valence-corrected chi connectivity index (χ1v) is 7.78. The molecular formula is C19H16O6. The maximum absolute atomic E-state index is 12.1. The maximum Gasteiger partial charge on any atom is 0.355 e. The van der Waals surface area contributed by atoms with E-state index in [0.717, 1.165) is 5.56 Å². The van der Waals surface area contributed by atoms with Crippen LogP contribution in [0, 0.1) is 0 Å². The van der Waals surface area contributed by atoms with Gasteiger partial charge in [-0.05, 0) is 29.8 Å². The fraction of sp³-hybridized carbons (Fsp3) is 0.158. The number of rotatable bonds is 5. The van der Waals surface area contributed by atoms with Gasteiger partial charge in [-0.15, -0.1) is 0 Å². The molecule has 0 aliphatic rings. The summed E-state index contributed by atoms with van der Waals surface area (Å²) in [4.78, 5) is 32.6. The molecule has 0 aliphatic carbocycles. The first-order valence-electron chi connectivity index (χ1n) is 7.78. The standard InChI is InChI=1S/C19H16O6/c1-2-17(20)25-24-13-9-7-12(8-10-13)11-15-18(21)14-5-3-4-6-16(14)23-19(15)22/h3-10,21H,2,11H2,1H3. The molecule has 0 saturated carbocycles. The second kappa shape index (κ2) is 7.09. The number of carbonyl (C=O) groups excluding carboxylic acids is 1. The lowest BCUT2D eigenvalue weighted by atomic mass is 10.0. The van der Waals surface area contributed by atoms with Crippen LogP contribution in [-0.4, -0.2) is 11.1 Å². The molecule has 3 aromatic rings. The molecule has 0 unspecified atom stereocenters. The van der Waals surface area contributed by atoms with Gasteiger partial charge < -0.3 is 9.52 Å². The van der Waals surface area contributed by atoms with Crippen LogP contribution in [-0.2, 0) is 16.1 Å². The highest BCUT2D eigenvalue weighted by Gasteiger charge is 2.14. The van der Waals surface area contributed by atoms with E-state index in [1.807, 2.05) is 0 Å². The fourth-order valence-corrected chi connectivity index (χ4v) is 2.35. The third-order valence-electron chi connectivity index (χ3n) is 3.70. The maximum atomic E-state index is 12.1. The fourth-order valence-electron chi connectivity index (χ4n) is 2.35. The molecule has 0 bridgehead atoms. The average Bonchev–Trinajstić information content (AvgIpc) is 2.64. The van der Waals surface area contributed by atoms with E-state index < -0.39 is 11.6 Å². The number of carbonyl (C=O) groups is 1. The van der Waals surface area contributed by atoms with Gasteiger partial charge in [-0.3, -0.25) is 9.78 Å². The molecule has 6 heteroatoms. The Morgan fingerprint density at radius 2 is 1.84 bits per heavy atom. The van der Waals surface area contributed by atoms with Crippen LogP contribution in [0.2, 0.25) is 0 Å². The van der Waals surface area contributed by atoms with Crippen molar-refractivity contribution in [3.05, 3.63) is 70.1 Å². The van der Waals surface area contributed by atoms with Crippen LogP contribution in [0.5, 0.6) is 11.5 Å². The normalized spacial score (nSPS) is 10.6. The van der Waals surface area contributed by atoms with Crippen LogP contribution in [0.25, 0.3) is 11.0 Å². The van der Waals surface area contributed by atoms with Crippen LogP contribution in [0.15, 0.2) is 57.7 Å². The Labute approximate surface area is 143 Å². The summed E-state index contributed by atoms with van der Waals surface area (Å²) in [5.74, 6) is -0.188. The van der Waals surface area contributed by atoms with Gasteiger partial charge in [0.15, 0.2) is 5.75 Å². The second-order valence-electron chi connectivity index (χ2n) is 5.43. The molecule has 0 saturated heterocycles. The molecular weight excluding hydrogens is 324 g/mol. The van der Waals surface area contributed by atoms with Crippen molar-refractivity contribution < 1.29 is 24.1 Å². The minimum absolute atomic E-state index is 0.0796. The van der Waals surface area contributed by atoms with E-state index in [2.05, 4.69) is 4.89 Å². The van der Waals surface area contributed by atoms with Crippen molar-refractivity contribution in [3.8, 4) is 11.5 Å². The monoisotopic (exact) mass is 340 g/mol. The Bertz CT molecular complexity index is 956. The second-order valence-corrected chi connectivity index (χ2v) is 5.43. The molecule has 0 fully saturated rings. The van der Waals surface area contributed by atoms with E-state index in [9.17, 15) is 14.7 Å². The highest BCUT2D eigenvalue weighted by Crippen LogP contribution is 2.27. The molecule has 0 atom stereocenters. The van der Waals surface area contributed by atoms with E-state index in [0.29, 0.717) is 16.7 Å². The molecule has 128 valence electrons. The lowest BCUT2D eigenvalue weighted by Crippen LogP contribution is -2.08. The molecule has 6 nitrogen and oxygen atoms in total. The van der Waals surface area contributed by atoms with Crippen LogP contribution < -0.4 is 10.5 Å². The van der Waals surface area contributed by atoms with Crippen molar-refractivity contribution in [1.29, 1.82) is 0 Å². The Hall–Kier alpha value is -3.28. The van der Waals surface area contributed by atoms with Crippen LogP contribution >= 0.6 is 0 Å². The summed E-state index contributed by atoms with van der Waals surface area (Å²) >= 11 is 0. The van der Waals surface area contributed by atoms with Crippen molar-refractivity contribution in [1.82, 2.24) is 0 Å². The summed E-state index contributed by atoms with van der Waals surface area (Å²) in [6.45, 7) is 1.66. The zero-order chi connectivity index (χ0) is 17.8. The lowest BCUT2D eigenvalue weighted by molar-refractivity contribution is -0.213. The van der Waals surface area contributed by atoms with Gasteiger partial charge in [0, 0.05) is 12.8 Å². The van der Waals surface area contributed by atoms with Gasteiger partial charge in [0.1, 0.15) is 11.3 Å². The smallest absolute Gasteiger partial charge is 0.355 e. The molecule has 3 rings (SSSR count). The Morgan fingerprint density at radius 1 is 1.12 bits per heavy atom. The summed E-state index contributed by atoms with van der Waals surface area (Å²) < 4.78 is 5.25. The third kappa shape index (κ3) is 3.63. The van der Waals surface area contributed by atoms with Crippen LogP contribution in [0.1, 0.15) is 24.5 Å².